The number of nitrogens with zero attached hydrogens (tertiary/aromatic N) is 4. The van der Waals surface area contributed by atoms with Crippen LogP contribution in [0.15, 0.2) is 84.9 Å². The topological polar surface area (TPSA) is 115 Å². The van der Waals surface area contributed by atoms with Crippen molar-refractivity contribution in [1.29, 1.82) is 0 Å². The number of nitro benzene ring substituents is 2. The van der Waals surface area contributed by atoms with E-state index in [1.807, 2.05) is 60.7 Å². The first kappa shape index (κ1) is 36.5. The number of aryl methyl sites for hydroxylation is 2. The van der Waals surface area contributed by atoms with Gasteiger partial charge < -0.3 is 18.6 Å². The number of benzene rings is 5. The summed E-state index contributed by atoms with van der Waals surface area (Å²) in [6.45, 7) is 5.78. The second-order valence-electron chi connectivity index (χ2n) is 14.0. The smallest absolute Gasteiger partial charge is 0.270 e. The normalized spacial score (nSPS) is 11.6. The summed E-state index contributed by atoms with van der Waals surface area (Å²) in [7, 11) is 3.28. The van der Waals surface area contributed by atoms with Gasteiger partial charge in [-0.15, -0.1) is 0 Å². The lowest BCUT2D eigenvalue weighted by molar-refractivity contribution is -0.384. The van der Waals surface area contributed by atoms with E-state index in [0.717, 1.165) is 117 Å². The van der Waals surface area contributed by atoms with Crippen LogP contribution in [0.5, 0.6) is 11.5 Å². The summed E-state index contributed by atoms with van der Waals surface area (Å²) >= 11 is 0. The summed E-state index contributed by atoms with van der Waals surface area (Å²) in [5, 5.41) is 28.2. The Balaban J connectivity index is 1.77. The predicted molar refractivity (Wildman–Crippen MR) is 218 cm³/mol. The lowest BCUT2D eigenvalue weighted by Gasteiger charge is -2.18. The van der Waals surface area contributed by atoms with Crippen molar-refractivity contribution in [3.8, 4) is 33.8 Å². The van der Waals surface area contributed by atoms with E-state index in [-0.39, 0.29) is 21.2 Å². The van der Waals surface area contributed by atoms with Crippen LogP contribution >= 0.6 is 0 Å². The first-order valence-corrected chi connectivity index (χ1v) is 19.0. The van der Waals surface area contributed by atoms with Crippen LogP contribution in [0, 0.1) is 20.2 Å². The SMILES string of the molecule is CCCCCCn1c2ccc([N+](=O)[O-])cc2c2c(-c3ccc(OC)cc3)c3c(c(-c4ccc(OC)cc4)c21)c1cc([N+](=O)[O-])ccc1n3CCCCCC. The maximum absolute atomic E-state index is 12.4. The standard InChI is InChI=1S/C44H46N4O6/c1-5-7-9-11-25-45-37-23-17-31(47(49)50)27-35(37)41-40(30-15-21-34(54-4)22-16-30)44-42(39(43(41)45)29-13-19-33(53-3)20-14-29)36-28-32(48(51)52)18-24-38(36)46(44)26-12-10-8-6-2/h13-24,27-28H,5-12,25-26H2,1-4H3. The second kappa shape index (κ2) is 15.6. The van der Waals surface area contributed by atoms with Gasteiger partial charge in [0.05, 0.1) is 35.1 Å². The first-order valence-electron chi connectivity index (χ1n) is 19.0. The molecule has 0 aliphatic rings. The summed E-state index contributed by atoms with van der Waals surface area (Å²) in [5.41, 5.74) is 7.49. The molecule has 0 saturated carbocycles. The van der Waals surface area contributed by atoms with Crippen molar-refractivity contribution in [1.82, 2.24) is 9.13 Å². The van der Waals surface area contributed by atoms with Gasteiger partial charge in [-0.2, -0.15) is 0 Å². The Labute approximate surface area is 314 Å². The molecule has 0 amide bonds. The molecule has 0 radical (unpaired) electrons. The summed E-state index contributed by atoms with van der Waals surface area (Å²) in [6, 6.07) is 26.3. The number of aromatic nitrogens is 2. The van der Waals surface area contributed by atoms with Crippen LogP contribution in [0.1, 0.15) is 65.2 Å². The van der Waals surface area contributed by atoms with Crippen molar-refractivity contribution in [2.45, 2.75) is 78.3 Å². The highest BCUT2D eigenvalue weighted by molar-refractivity contribution is 6.32. The zero-order valence-electron chi connectivity index (χ0n) is 31.4. The minimum Gasteiger partial charge on any atom is -0.497 e. The molecule has 5 aromatic carbocycles. The molecule has 2 heterocycles. The van der Waals surface area contributed by atoms with Crippen LogP contribution < -0.4 is 9.47 Å². The third-order valence-electron chi connectivity index (χ3n) is 10.7. The molecule has 0 saturated heterocycles. The zero-order chi connectivity index (χ0) is 37.9. The number of nitro groups is 2. The number of unbranched alkanes of at least 4 members (excludes halogenated alkanes) is 6. The van der Waals surface area contributed by atoms with Gasteiger partial charge in [0, 0.05) is 81.1 Å². The van der Waals surface area contributed by atoms with Crippen molar-refractivity contribution >= 4 is 55.0 Å². The van der Waals surface area contributed by atoms with Crippen molar-refractivity contribution in [2.24, 2.45) is 0 Å². The van der Waals surface area contributed by atoms with Gasteiger partial charge in [-0.25, -0.2) is 0 Å². The fourth-order valence-electron chi connectivity index (χ4n) is 8.11. The van der Waals surface area contributed by atoms with Gasteiger partial charge >= 0.3 is 0 Å². The van der Waals surface area contributed by atoms with Gasteiger partial charge in [-0.1, -0.05) is 76.6 Å². The first-order chi connectivity index (χ1) is 26.3. The Kier molecular flexibility index (Phi) is 10.5. The largest absolute Gasteiger partial charge is 0.497 e. The van der Waals surface area contributed by atoms with Crippen molar-refractivity contribution in [2.75, 3.05) is 14.2 Å². The fourth-order valence-corrected chi connectivity index (χ4v) is 8.11. The van der Waals surface area contributed by atoms with E-state index in [2.05, 4.69) is 23.0 Å². The number of fused-ring (bicyclic) bond motifs is 6. The highest BCUT2D eigenvalue weighted by Crippen LogP contribution is 2.51. The van der Waals surface area contributed by atoms with E-state index in [9.17, 15) is 20.2 Å². The lowest BCUT2D eigenvalue weighted by Crippen LogP contribution is -2.02. The zero-order valence-corrected chi connectivity index (χ0v) is 31.4. The summed E-state index contributed by atoms with van der Waals surface area (Å²) < 4.78 is 15.8. The molecule has 10 heteroatoms. The second-order valence-corrected chi connectivity index (χ2v) is 14.0. The van der Waals surface area contributed by atoms with E-state index in [1.54, 1.807) is 38.5 Å². The molecule has 7 rings (SSSR count). The minimum atomic E-state index is -0.330. The summed E-state index contributed by atoms with van der Waals surface area (Å²) in [4.78, 5) is 24.1. The van der Waals surface area contributed by atoms with Crippen molar-refractivity contribution in [3.63, 3.8) is 0 Å². The van der Waals surface area contributed by atoms with Crippen LogP contribution in [0.25, 0.3) is 65.9 Å². The van der Waals surface area contributed by atoms with E-state index in [1.165, 1.54) is 0 Å². The number of ether oxygens (including phenoxy) is 2. The van der Waals surface area contributed by atoms with Crippen molar-refractivity contribution in [3.05, 3.63) is 105 Å². The van der Waals surface area contributed by atoms with E-state index < -0.39 is 0 Å². The molecule has 0 atom stereocenters. The Morgan fingerprint density at radius 3 is 1.26 bits per heavy atom. The highest BCUT2D eigenvalue weighted by atomic mass is 16.6. The third kappa shape index (κ3) is 6.50. The molecule has 278 valence electrons. The number of hydrogen-bond acceptors (Lipinski definition) is 6. The number of rotatable bonds is 16. The van der Waals surface area contributed by atoms with Gasteiger partial charge in [0.1, 0.15) is 11.5 Å². The maximum atomic E-state index is 12.4. The number of non-ortho nitro benzene ring substituents is 2. The quantitative estimate of drug-likeness (QED) is 0.0556. The highest BCUT2D eigenvalue weighted by Gasteiger charge is 2.29. The van der Waals surface area contributed by atoms with Crippen molar-refractivity contribution < 1.29 is 19.3 Å². The number of hydrogen-bond donors (Lipinski definition) is 0. The lowest BCUT2D eigenvalue weighted by atomic mass is 9.89. The van der Waals surface area contributed by atoms with Crippen LogP contribution in [0.2, 0.25) is 0 Å². The molecular formula is C44H46N4O6. The summed E-state index contributed by atoms with van der Waals surface area (Å²) in [5.74, 6) is 1.43. The van der Waals surface area contributed by atoms with Gasteiger partial charge in [-0.05, 0) is 60.4 Å². The molecule has 10 nitrogen and oxygen atoms in total. The number of methoxy groups -OCH3 is 2. The molecule has 0 spiro atoms. The summed E-state index contributed by atoms with van der Waals surface area (Å²) in [6.07, 6.45) is 8.32. The Bertz CT molecular complexity index is 2320. The Morgan fingerprint density at radius 1 is 0.537 bits per heavy atom. The molecule has 54 heavy (non-hydrogen) atoms. The van der Waals surface area contributed by atoms with Crippen LogP contribution in [-0.2, 0) is 13.1 Å². The van der Waals surface area contributed by atoms with Gasteiger partial charge in [0.15, 0.2) is 0 Å². The Hall–Kier alpha value is -5.90. The molecule has 2 aromatic heterocycles. The van der Waals surface area contributed by atoms with E-state index in [4.69, 9.17) is 9.47 Å². The Morgan fingerprint density at radius 2 is 0.926 bits per heavy atom. The van der Waals surface area contributed by atoms with Crippen LogP contribution in [-0.4, -0.2) is 33.2 Å². The molecular weight excluding hydrogens is 681 g/mol. The van der Waals surface area contributed by atoms with Gasteiger partial charge in [-0.3, -0.25) is 20.2 Å². The third-order valence-corrected chi connectivity index (χ3v) is 10.7. The average molecular weight is 727 g/mol. The van der Waals surface area contributed by atoms with E-state index in [0.29, 0.717) is 24.6 Å². The van der Waals surface area contributed by atoms with Gasteiger partial charge in [0.2, 0.25) is 0 Å². The minimum absolute atomic E-state index is 0.0232. The molecule has 0 aliphatic carbocycles. The van der Waals surface area contributed by atoms with Gasteiger partial charge in [0.25, 0.3) is 11.4 Å². The fraction of sp³-hybridized carbons (Fsp3) is 0.318. The molecule has 0 fully saturated rings. The van der Waals surface area contributed by atoms with Crippen LogP contribution in [0.4, 0.5) is 11.4 Å². The van der Waals surface area contributed by atoms with Crippen LogP contribution in [0.3, 0.4) is 0 Å². The monoisotopic (exact) mass is 726 g/mol. The average Bonchev–Trinajstić information content (AvgIpc) is 3.69. The molecule has 0 unspecified atom stereocenters. The predicted octanol–water partition coefficient (Wildman–Crippen LogP) is 12.2. The molecule has 7 aromatic rings. The molecule has 0 N–H and O–H groups in total. The molecule has 0 bridgehead atoms. The maximum Gasteiger partial charge on any atom is 0.270 e. The molecule has 0 aliphatic heterocycles. The van der Waals surface area contributed by atoms with E-state index >= 15 is 0 Å².